The Morgan fingerprint density at radius 2 is 1.86 bits per heavy atom. The number of carbonyl (C=O) groups is 2. The van der Waals surface area contributed by atoms with E-state index >= 15 is 0 Å². The van der Waals surface area contributed by atoms with E-state index < -0.39 is 5.97 Å². The summed E-state index contributed by atoms with van der Waals surface area (Å²) < 4.78 is 0. The first kappa shape index (κ1) is 14.8. The van der Waals surface area contributed by atoms with Crippen molar-refractivity contribution in [2.24, 2.45) is 0 Å². The largest absolute Gasteiger partial charge is 0.478 e. The maximum Gasteiger partial charge on any atom is 0.336 e. The van der Waals surface area contributed by atoms with Crippen molar-refractivity contribution in [1.82, 2.24) is 15.1 Å². The molecule has 0 unspecified atom stereocenters. The van der Waals surface area contributed by atoms with Crippen LogP contribution in [0.25, 0.3) is 0 Å². The standard InChI is InChI=1S/C15H17N3O3/c1-9-4-5-10(2)13(15(20)21)12(9)14(19)18(3)8-11-6-16-17-7-11/h4-7H,8H2,1-3H3,(H,16,17)(H,20,21). The van der Waals surface area contributed by atoms with Gasteiger partial charge < -0.3 is 10.0 Å². The number of aromatic carboxylic acids is 1. The quantitative estimate of drug-likeness (QED) is 0.900. The summed E-state index contributed by atoms with van der Waals surface area (Å²) in [7, 11) is 1.64. The van der Waals surface area contributed by atoms with Gasteiger partial charge in [-0.05, 0) is 25.0 Å². The van der Waals surface area contributed by atoms with Gasteiger partial charge in [-0.15, -0.1) is 0 Å². The number of nitrogens with one attached hydrogen (secondary N) is 1. The van der Waals surface area contributed by atoms with E-state index in [1.54, 1.807) is 45.4 Å². The van der Waals surface area contributed by atoms with Gasteiger partial charge in [0.2, 0.25) is 0 Å². The summed E-state index contributed by atoms with van der Waals surface area (Å²) >= 11 is 0. The van der Waals surface area contributed by atoms with Gasteiger partial charge in [0.05, 0.1) is 17.3 Å². The zero-order chi connectivity index (χ0) is 15.6. The lowest BCUT2D eigenvalue weighted by Gasteiger charge is -2.19. The third-order valence-corrected chi connectivity index (χ3v) is 3.37. The van der Waals surface area contributed by atoms with Crippen LogP contribution in [-0.4, -0.2) is 39.1 Å². The number of nitrogens with zero attached hydrogens (tertiary/aromatic N) is 2. The number of hydrogen-bond donors (Lipinski definition) is 2. The molecule has 0 bridgehead atoms. The van der Waals surface area contributed by atoms with E-state index in [2.05, 4.69) is 10.2 Å². The third kappa shape index (κ3) is 2.94. The molecule has 0 aliphatic heterocycles. The highest BCUT2D eigenvalue weighted by Crippen LogP contribution is 2.21. The monoisotopic (exact) mass is 287 g/mol. The van der Waals surface area contributed by atoms with Gasteiger partial charge in [-0.2, -0.15) is 5.10 Å². The highest BCUT2D eigenvalue weighted by Gasteiger charge is 2.23. The molecule has 1 amide bonds. The Bertz CT molecular complexity index is 678. The van der Waals surface area contributed by atoms with E-state index in [1.165, 1.54) is 4.90 Å². The van der Waals surface area contributed by atoms with Gasteiger partial charge in [-0.1, -0.05) is 12.1 Å². The second-order valence-corrected chi connectivity index (χ2v) is 5.02. The first-order valence-corrected chi connectivity index (χ1v) is 6.48. The molecule has 110 valence electrons. The molecule has 0 spiro atoms. The van der Waals surface area contributed by atoms with E-state index in [0.29, 0.717) is 17.7 Å². The minimum Gasteiger partial charge on any atom is -0.478 e. The van der Waals surface area contributed by atoms with Crippen LogP contribution in [0.4, 0.5) is 0 Å². The summed E-state index contributed by atoms with van der Waals surface area (Å²) in [6, 6.07) is 3.48. The fourth-order valence-electron chi connectivity index (χ4n) is 2.26. The summed E-state index contributed by atoms with van der Waals surface area (Å²) in [4.78, 5) is 25.5. The molecule has 1 aromatic heterocycles. The normalized spacial score (nSPS) is 10.4. The highest BCUT2D eigenvalue weighted by molar-refractivity contribution is 6.06. The number of amides is 1. The van der Waals surface area contributed by atoms with Gasteiger partial charge >= 0.3 is 5.97 Å². The van der Waals surface area contributed by atoms with Crippen LogP contribution in [0.1, 0.15) is 37.4 Å². The molecule has 0 atom stereocenters. The van der Waals surface area contributed by atoms with E-state index in [1.807, 2.05) is 0 Å². The number of carboxylic acids is 1. The number of rotatable bonds is 4. The number of benzene rings is 1. The number of carbonyl (C=O) groups excluding carboxylic acids is 1. The molecular formula is C15H17N3O3. The zero-order valence-corrected chi connectivity index (χ0v) is 12.2. The fraction of sp³-hybridized carbons (Fsp3) is 0.267. The van der Waals surface area contributed by atoms with E-state index in [9.17, 15) is 14.7 Å². The Morgan fingerprint density at radius 1 is 1.24 bits per heavy atom. The molecule has 6 heteroatoms. The highest BCUT2D eigenvalue weighted by atomic mass is 16.4. The number of hydrogen-bond acceptors (Lipinski definition) is 3. The molecule has 2 N–H and O–H groups in total. The molecule has 0 saturated carbocycles. The van der Waals surface area contributed by atoms with E-state index in [4.69, 9.17) is 0 Å². The summed E-state index contributed by atoms with van der Waals surface area (Å²) in [5.74, 6) is -1.40. The molecule has 0 aliphatic carbocycles. The van der Waals surface area contributed by atoms with Gasteiger partial charge in [0.25, 0.3) is 5.91 Å². The van der Waals surface area contributed by atoms with Gasteiger partial charge in [-0.3, -0.25) is 9.89 Å². The fourth-order valence-corrected chi connectivity index (χ4v) is 2.26. The second-order valence-electron chi connectivity index (χ2n) is 5.02. The van der Waals surface area contributed by atoms with Crippen molar-refractivity contribution in [1.29, 1.82) is 0 Å². The van der Waals surface area contributed by atoms with Crippen molar-refractivity contribution in [2.75, 3.05) is 7.05 Å². The van der Waals surface area contributed by atoms with Crippen molar-refractivity contribution in [2.45, 2.75) is 20.4 Å². The summed E-state index contributed by atoms with van der Waals surface area (Å²) in [6.07, 6.45) is 3.33. The molecule has 1 heterocycles. The van der Waals surface area contributed by atoms with Crippen molar-refractivity contribution < 1.29 is 14.7 Å². The Labute approximate surface area is 122 Å². The molecule has 2 rings (SSSR count). The Kier molecular flexibility index (Phi) is 4.07. The molecule has 2 aromatic rings. The molecule has 0 aliphatic rings. The lowest BCUT2D eigenvalue weighted by molar-refractivity contribution is 0.0679. The summed E-state index contributed by atoms with van der Waals surface area (Å²) in [5, 5.41) is 15.9. The molecule has 0 fully saturated rings. The average molecular weight is 287 g/mol. The number of aromatic amines is 1. The SMILES string of the molecule is Cc1ccc(C)c(C(=O)N(C)Cc2cn[nH]c2)c1C(=O)O. The Morgan fingerprint density at radius 3 is 2.38 bits per heavy atom. The minimum atomic E-state index is -1.09. The van der Waals surface area contributed by atoms with Crippen LogP contribution in [0.3, 0.4) is 0 Å². The predicted octanol–water partition coefficient (Wildman–Crippen LogP) is 2.00. The van der Waals surface area contributed by atoms with Crippen molar-refractivity contribution >= 4 is 11.9 Å². The first-order chi connectivity index (χ1) is 9.91. The van der Waals surface area contributed by atoms with Gasteiger partial charge in [0.15, 0.2) is 0 Å². The van der Waals surface area contributed by atoms with E-state index in [-0.39, 0.29) is 17.0 Å². The summed E-state index contributed by atoms with van der Waals surface area (Å²) in [5.41, 5.74) is 2.40. The van der Waals surface area contributed by atoms with E-state index in [0.717, 1.165) is 5.56 Å². The number of carboxylic acid groups (broad SMARTS) is 1. The molecular weight excluding hydrogens is 270 g/mol. The average Bonchev–Trinajstić information content (AvgIpc) is 2.92. The third-order valence-electron chi connectivity index (χ3n) is 3.37. The number of aromatic nitrogens is 2. The minimum absolute atomic E-state index is 0.0686. The number of H-pyrrole nitrogens is 1. The molecule has 1 aromatic carbocycles. The second kappa shape index (κ2) is 5.78. The molecule has 0 radical (unpaired) electrons. The van der Waals surface area contributed by atoms with Gasteiger partial charge in [-0.25, -0.2) is 4.79 Å². The van der Waals surface area contributed by atoms with Crippen molar-refractivity contribution in [3.05, 3.63) is 52.3 Å². The van der Waals surface area contributed by atoms with Crippen LogP contribution in [0.2, 0.25) is 0 Å². The smallest absolute Gasteiger partial charge is 0.336 e. The topological polar surface area (TPSA) is 86.3 Å². The maximum absolute atomic E-state index is 12.6. The first-order valence-electron chi connectivity index (χ1n) is 6.48. The van der Waals surface area contributed by atoms with Crippen LogP contribution < -0.4 is 0 Å². The lowest BCUT2D eigenvalue weighted by atomic mass is 9.96. The van der Waals surface area contributed by atoms with Crippen molar-refractivity contribution in [3.63, 3.8) is 0 Å². The van der Waals surface area contributed by atoms with Crippen LogP contribution in [0.5, 0.6) is 0 Å². The Hall–Kier alpha value is -2.63. The van der Waals surface area contributed by atoms with Crippen LogP contribution in [-0.2, 0) is 6.54 Å². The van der Waals surface area contributed by atoms with Crippen LogP contribution in [0, 0.1) is 13.8 Å². The van der Waals surface area contributed by atoms with Crippen LogP contribution in [0.15, 0.2) is 24.5 Å². The molecule has 0 saturated heterocycles. The lowest BCUT2D eigenvalue weighted by Crippen LogP contribution is -2.29. The molecule has 21 heavy (non-hydrogen) atoms. The predicted molar refractivity (Wildman–Crippen MR) is 77.3 cm³/mol. The van der Waals surface area contributed by atoms with Crippen molar-refractivity contribution in [3.8, 4) is 0 Å². The maximum atomic E-state index is 12.6. The molecule has 6 nitrogen and oxygen atoms in total. The van der Waals surface area contributed by atoms with Gasteiger partial charge in [0.1, 0.15) is 0 Å². The number of aryl methyl sites for hydroxylation is 2. The Balaban J connectivity index is 2.38. The zero-order valence-electron chi connectivity index (χ0n) is 12.2. The van der Waals surface area contributed by atoms with Gasteiger partial charge in [0, 0.05) is 25.4 Å². The van der Waals surface area contributed by atoms with Crippen LogP contribution >= 0.6 is 0 Å². The summed E-state index contributed by atoms with van der Waals surface area (Å²) in [6.45, 7) is 3.79.